The van der Waals surface area contributed by atoms with Crippen LogP contribution in [-0.4, -0.2) is 50.3 Å². The van der Waals surface area contributed by atoms with Gasteiger partial charge >= 0.3 is 0 Å². The molecule has 0 spiro atoms. The highest BCUT2D eigenvalue weighted by molar-refractivity contribution is 4.81. The predicted molar refractivity (Wildman–Crippen MR) is 73.4 cm³/mol. The summed E-state index contributed by atoms with van der Waals surface area (Å²) >= 11 is 0. The van der Waals surface area contributed by atoms with Crippen molar-refractivity contribution in [3.8, 4) is 0 Å². The molecule has 1 fully saturated rings. The fourth-order valence-corrected chi connectivity index (χ4v) is 2.68. The van der Waals surface area contributed by atoms with Gasteiger partial charge in [0.05, 0.1) is 0 Å². The molecule has 1 N–H and O–H groups in total. The molecule has 0 saturated carbocycles. The number of hydrogen-bond acceptors (Lipinski definition) is 3. The lowest BCUT2D eigenvalue weighted by atomic mass is 10.0. The van der Waals surface area contributed by atoms with Gasteiger partial charge in [-0.2, -0.15) is 0 Å². The third kappa shape index (κ3) is 5.84. The van der Waals surface area contributed by atoms with Gasteiger partial charge in [-0.05, 0) is 45.2 Å². The van der Waals surface area contributed by atoms with Crippen molar-refractivity contribution in [1.82, 2.24) is 10.2 Å². The topological polar surface area (TPSA) is 24.5 Å². The van der Waals surface area contributed by atoms with Gasteiger partial charge in [-0.15, -0.1) is 0 Å². The van der Waals surface area contributed by atoms with Crippen molar-refractivity contribution in [3.63, 3.8) is 0 Å². The summed E-state index contributed by atoms with van der Waals surface area (Å²) in [5.74, 6) is 0.801. The molecule has 0 aromatic rings. The molecule has 17 heavy (non-hydrogen) atoms. The molecule has 1 atom stereocenters. The van der Waals surface area contributed by atoms with E-state index in [1.54, 1.807) is 0 Å². The first-order valence-electron chi connectivity index (χ1n) is 7.28. The molecule has 0 amide bonds. The van der Waals surface area contributed by atoms with Gasteiger partial charge in [-0.25, -0.2) is 0 Å². The van der Waals surface area contributed by atoms with Crippen molar-refractivity contribution >= 4 is 0 Å². The van der Waals surface area contributed by atoms with Gasteiger partial charge in [0.15, 0.2) is 0 Å². The minimum Gasteiger partial charge on any atom is -0.382 e. The zero-order chi connectivity index (χ0) is 12.5. The number of ether oxygens (including phenoxy) is 1. The molecule has 0 aliphatic carbocycles. The van der Waals surface area contributed by atoms with Crippen molar-refractivity contribution in [2.75, 3.05) is 39.4 Å². The maximum absolute atomic E-state index is 5.31. The second-order valence-corrected chi connectivity index (χ2v) is 5.29. The number of rotatable bonds is 9. The zero-order valence-electron chi connectivity index (χ0n) is 11.9. The van der Waals surface area contributed by atoms with Gasteiger partial charge in [-0.3, -0.25) is 4.90 Å². The van der Waals surface area contributed by atoms with E-state index in [9.17, 15) is 0 Å². The minimum atomic E-state index is 0.801. The maximum Gasteiger partial charge on any atom is 0.0477 e. The van der Waals surface area contributed by atoms with Crippen molar-refractivity contribution in [2.45, 2.75) is 46.1 Å². The van der Waals surface area contributed by atoms with Crippen LogP contribution in [0.4, 0.5) is 0 Å². The quantitative estimate of drug-likeness (QED) is 0.627. The van der Waals surface area contributed by atoms with Crippen LogP contribution in [0.1, 0.15) is 40.0 Å². The Balaban J connectivity index is 1.98. The molecular formula is C14H30N2O. The smallest absolute Gasteiger partial charge is 0.0477 e. The standard InChI is InChI=1S/C14H30N2O/c1-4-17-12-6-8-15-9-11-16-10-5-7-14(16)13(2)3/h13-15H,4-12H2,1-3H3. The molecule has 3 nitrogen and oxygen atoms in total. The summed E-state index contributed by atoms with van der Waals surface area (Å²) in [6.07, 6.45) is 3.90. The lowest BCUT2D eigenvalue weighted by Crippen LogP contribution is -2.38. The Morgan fingerprint density at radius 3 is 2.88 bits per heavy atom. The van der Waals surface area contributed by atoms with Gasteiger partial charge in [0.2, 0.25) is 0 Å². The third-order valence-corrected chi connectivity index (χ3v) is 3.61. The zero-order valence-corrected chi connectivity index (χ0v) is 11.9. The van der Waals surface area contributed by atoms with E-state index in [1.807, 2.05) is 6.92 Å². The van der Waals surface area contributed by atoms with Crippen LogP contribution in [0, 0.1) is 5.92 Å². The fraction of sp³-hybridized carbons (Fsp3) is 1.00. The molecular weight excluding hydrogens is 212 g/mol. The average Bonchev–Trinajstić information content (AvgIpc) is 2.76. The minimum absolute atomic E-state index is 0.801. The monoisotopic (exact) mass is 242 g/mol. The average molecular weight is 242 g/mol. The molecule has 1 aliphatic rings. The Kier molecular flexibility index (Phi) is 7.82. The highest BCUT2D eigenvalue weighted by atomic mass is 16.5. The lowest BCUT2D eigenvalue weighted by Gasteiger charge is -2.27. The molecule has 0 radical (unpaired) electrons. The van der Waals surface area contributed by atoms with Gasteiger partial charge in [0.25, 0.3) is 0 Å². The van der Waals surface area contributed by atoms with E-state index < -0.39 is 0 Å². The molecule has 1 saturated heterocycles. The molecule has 3 heteroatoms. The second kappa shape index (κ2) is 8.90. The van der Waals surface area contributed by atoms with Gasteiger partial charge < -0.3 is 10.1 Å². The van der Waals surface area contributed by atoms with Gasteiger partial charge in [-0.1, -0.05) is 13.8 Å². The second-order valence-electron chi connectivity index (χ2n) is 5.29. The summed E-state index contributed by atoms with van der Waals surface area (Å²) in [6, 6.07) is 0.820. The molecule has 102 valence electrons. The Morgan fingerprint density at radius 2 is 2.18 bits per heavy atom. The Morgan fingerprint density at radius 1 is 1.35 bits per heavy atom. The van der Waals surface area contributed by atoms with E-state index in [0.29, 0.717) is 0 Å². The summed E-state index contributed by atoms with van der Waals surface area (Å²) < 4.78 is 5.31. The number of nitrogens with zero attached hydrogens (tertiary/aromatic N) is 1. The lowest BCUT2D eigenvalue weighted by molar-refractivity contribution is 0.144. The SMILES string of the molecule is CCOCCCNCCN1CCCC1C(C)C. The van der Waals surface area contributed by atoms with Crippen molar-refractivity contribution in [1.29, 1.82) is 0 Å². The van der Waals surface area contributed by atoms with Crippen LogP contribution in [0.25, 0.3) is 0 Å². The highest BCUT2D eigenvalue weighted by Gasteiger charge is 2.25. The van der Waals surface area contributed by atoms with Crippen LogP contribution in [0.2, 0.25) is 0 Å². The maximum atomic E-state index is 5.31. The van der Waals surface area contributed by atoms with Crippen LogP contribution < -0.4 is 5.32 Å². The number of likely N-dealkylation sites (tertiary alicyclic amines) is 1. The van der Waals surface area contributed by atoms with E-state index >= 15 is 0 Å². The Labute approximate surface area is 107 Å². The summed E-state index contributed by atoms with van der Waals surface area (Å²) in [5, 5.41) is 3.51. The van der Waals surface area contributed by atoms with Crippen molar-refractivity contribution in [2.24, 2.45) is 5.92 Å². The molecule has 1 aliphatic heterocycles. The number of nitrogens with one attached hydrogen (secondary N) is 1. The Hall–Kier alpha value is -0.120. The van der Waals surface area contributed by atoms with Crippen molar-refractivity contribution < 1.29 is 4.74 Å². The van der Waals surface area contributed by atoms with Crippen molar-refractivity contribution in [3.05, 3.63) is 0 Å². The third-order valence-electron chi connectivity index (χ3n) is 3.61. The van der Waals surface area contributed by atoms with Crippen LogP contribution in [-0.2, 0) is 4.74 Å². The highest BCUT2D eigenvalue weighted by Crippen LogP contribution is 2.22. The summed E-state index contributed by atoms with van der Waals surface area (Å²) in [5.41, 5.74) is 0. The summed E-state index contributed by atoms with van der Waals surface area (Å²) in [4.78, 5) is 2.65. The Bertz CT molecular complexity index is 185. The molecule has 0 bridgehead atoms. The van der Waals surface area contributed by atoms with Crippen LogP contribution in [0.5, 0.6) is 0 Å². The first kappa shape index (κ1) is 14.9. The molecule has 0 aromatic heterocycles. The van der Waals surface area contributed by atoms with Crippen LogP contribution in [0.15, 0.2) is 0 Å². The number of hydrogen-bond donors (Lipinski definition) is 1. The van der Waals surface area contributed by atoms with Crippen LogP contribution >= 0.6 is 0 Å². The molecule has 1 unspecified atom stereocenters. The van der Waals surface area contributed by atoms with E-state index in [1.165, 1.54) is 25.9 Å². The first-order chi connectivity index (χ1) is 8.25. The molecule has 1 rings (SSSR count). The van der Waals surface area contributed by atoms with Gasteiger partial charge in [0.1, 0.15) is 0 Å². The fourth-order valence-electron chi connectivity index (χ4n) is 2.68. The van der Waals surface area contributed by atoms with Crippen LogP contribution in [0.3, 0.4) is 0 Å². The summed E-state index contributed by atoms with van der Waals surface area (Å²) in [7, 11) is 0. The predicted octanol–water partition coefficient (Wildman–Crippen LogP) is 2.12. The van der Waals surface area contributed by atoms with E-state index in [4.69, 9.17) is 4.74 Å². The van der Waals surface area contributed by atoms with E-state index in [0.717, 1.165) is 44.7 Å². The largest absolute Gasteiger partial charge is 0.382 e. The molecule has 1 heterocycles. The summed E-state index contributed by atoms with van der Waals surface area (Å²) in [6.45, 7) is 13.2. The van der Waals surface area contributed by atoms with Gasteiger partial charge in [0, 0.05) is 32.3 Å². The normalized spacial score (nSPS) is 21.5. The molecule has 0 aromatic carbocycles. The first-order valence-corrected chi connectivity index (χ1v) is 7.28. The van der Waals surface area contributed by atoms with E-state index in [-0.39, 0.29) is 0 Å². The van der Waals surface area contributed by atoms with E-state index in [2.05, 4.69) is 24.1 Å².